The largest absolute Gasteiger partial charge is 0.397 e. The zero-order chi connectivity index (χ0) is 15.0. The predicted molar refractivity (Wildman–Crippen MR) is 89.9 cm³/mol. The third-order valence-electron chi connectivity index (χ3n) is 4.45. The fourth-order valence-electron chi connectivity index (χ4n) is 3.30. The molecule has 0 bridgehead atoms. The standard InChI is InChI=1S/C17H22N2OS/c1-3-19(12-6-4-5-7-12)17(20)16-15(18)13-9-8-11(2)10-14(13)21-16/h8-10,12H,3-7,18H2,1-2H3. The van der Waals surface area contributed by atoms with E-state index in [1.54, 1.807) is 0 Å². The molecule has 1 amide bonds. The Morgan fingerprint density at radius 3 is 2.76 bits per heavy atom. The molecule has 3 rings (SSSR count). The van der Waals surface area contributed by atoms with Gasteiger partial charge in [-0.1, -0.05) is 25.0 Å². The molecule has 3 nitrogen and oxygen atoms in total. The Labute approximate surface area is 129 Å². The van der Waals surface area contributed by atoms with Crippen LogP contribution in [0.4, 0.5) is 5.69 Å². The summed E-state index contributed by atoms with van der Waals surface area (Å²) in [7, 11) is 0. The first-order valence-corrected chi connectivity index (χ1v) is 8.53. The molecule has 0 unspecified atom stereocenters. The van der Waals surface area contributed by atoms with E-state index < -0.39 is 0 Å². The molecule has 112 valence electrons. The summed E-state index contributed by atoms with van der Waals surface area (Å²) < 4.78 is 1.11. The van der Waals surface area contributed by atoms with E-state index >= 15 is 0 Å². The highest BCUT2D eigenvalue weighted by Gasteiger charge is 2.28. The number of anilines is 1. The zero-order valence-corrected chi connectivity index (χ0v) is 13.5. The molecule has 0 saturated heterocycles. The van der Waals surface area contributed by atoms with Gasteiger partial charge in [-0.2, -0.15) is 0 Å². The van der Waals surface area contributed by atoms with Crippen molar-refractivity contribution >= 4 is 33.0 Å². The first-order chi connectivity index (χ1) is 10.1. The fourth-order valence-corrected chi connectivity index (χ4v) is 4.47. The average molecular weight is 302 g/mol. The number of nitrogens with zero attached hydrogens (tertiary/aromatic N) is 1. The van der Waals surface area contributed by atoms with E-state index in [4.69, 9.17) is 5.73 Å². The van der Waals surface area contributed by atoms with E-state index in [2.05, 4.69) is 19.9 Å². The van der Waals surface area contributed by atoms with Crippen LogP contribution in [-0.2, 0) is 0 Å². The topological polar surface area (TPSA) is 46.3 Å². The summed E-state index contributed by atoms with van der Waals surface area (Å²) in [4.78, 5) is 15.6. The van der Waals surface area contributed by atoms with Gasteiger partial charge in [0.05, 0.1) is 5.69 Å². The Hall–Kier alpha value is -1.55. The van der Waals surface area contributed by atoms with E-state index in [0.29, 0.717) is 16.6 Å². The molecule has 2 aromatic rings. The Balaban J connectivity index is 1.98. The molecule has 1 heterocycles. The molecule has 1 aromatic carbocycles. The van der Waals surface area contributed by atoms with Gasteiger partial charge in [0, 0.05) is 22.7 Å². The van der Waals surface area contributed by atoms with Gasteiger partial charge in [-0.05, 0) is 38.3 Å². The van der Waals surface area contributed by atoms with Crippen LogP contribution in [0, 0.1) is 6.92 Å². The zero-order valence-electron chi connectivity index (χ0n) is 12.7. The average Bonchev–Trinajstić information content (AvgIpc) is 3.08. The molecular formula is C17H22N2OS. The molecule has 21 heavy (non-hydrogen) atoms. The molecule has 1 aromatic heterocycles. The highest BCUT2D eigenvalue weighted by Crippen LogP contribution is 2.36. The lowest BCUT2D eigenvalue weighted by Gasteiger charge is -2.27. The van der Waals surface area contributed by atoms with Gasteiger partial charge in [0.25, 0.3) is 5.91 Å². The maximum Gasteiger partial charge on any atom is 0.266 e. The normalized spacial score (nSPS) is 15.7. The highest BCUT2D eigenvalue weighted by atomic mass is 32.1. The van der Waals surface area contributed by atoms with E-state index in [0.717, 1.165) is 29.5 Å². The number of hydrogen-bond donors (Lipinski definition) is 1. The summed E-state index contributed by atoms with van der Waals surface area (Å²) in [5.41, 5.74) is 8.09. The van der Waals surface area contributed by atoms with Crippen molar-refractivity contribution in [3.05, 3.63) is 28.6 Å². The summed E-state index contributed by atoms with van der Waals surface area (Å²) in [5.74, 6) is 0.112. The molecule has 1 saturated carbocycles. The number of amides is 1. The minimum absolute atomic E-state index is 0.112. The number of fused-ring (bicyclic) bond motifs is 1. The Bertz CT molecular complexity index is 671. The first kappa shape index (κ1) is 14.4. The van der Waals surface area contributed by atoms with Crippen LogP contribution in [0.25, 0.3) is 10.1 Å². The van der Waals surface area contributed by atoms with Crippen LogP contribution in [0.2, 0.25) is 0 Å². The summed E-state index contributed by atoms with van der Waals surface area (Å²) >= 11 is 1.53. The molecule has 1 fully saturated rings. The van der Waals surface area contributed by atoms with E-state index in [9.17, 15) is 4.79 Å². The summed E-state index contributed by atoms with van der Waals surface area (Å²) in [6.45, 7) is 4.88. The minimum atomic E-state index is 0.112. The van der Waals surface area contributed by atoms with Crippen molar-refractivity contribution in [2.45, 2.75) is 45.6 Å². The van der Waals surface area contributed by atoms with E-state index in [-0.39, 0.29) is 5.91 Å². The second-order valence-corrected chi connectivity index (χ2v) is 6.93. The van der Waals surface area contributed by atoms with E-state index in [1.165, 1.54) is 29.7 Å². The van der Waals surface area contributed by atoms with Crippen LogP contribution in [0.1, 0.15) is 47.8 Å². The molecule has 4 heteroatoms. The van der Waals surface area contributed by atoms with Gasteiger partial charge in [0.2, 0.25) is 0 Å². The van der Waals surface area contributed by atoms with Crippen molar-refractivity contribution in [2.24, 2.45) is 0 Å². The number of nitrogen functional groups attached to an aromatic ring is 1. The highest BCUT2D eigenvalue weighted by molar-refractivity contribution is 7.21. The number of rotatable bonds is 3. The molecule has 0 aliphatic heterocycles. The Morgan fingerprint density at radius 1 is 1.38 bits per heavy atom. The van der Waals surface area contributed by atoms with Gasteiger partial charge < -0.3 is 10.6 Å². The SMILES string of the molecule is CCN(C(=O)c1sc2cc(C)ccc2c1N)C1CCCC1. The number of hydrogen-bond acceptors (Lipinski definition) is 3. The summed E-state index contributed by atoms with van der Waals surface area (Å²) in [6, 6.07) is 6.58. The number of nitrogens with two attached hydrogens (primary N) is 1. The van der Waals surface area contributed by atoms with Gasteiger partial charge >= 0.3 is 0 Å². The molecule has 1 aliphatic carbocycles. The number of benzene rings is 1. The van der Waals surface area contributed by atoms with Crippen LogP contribution < -0.4 is 5.73 Å². The lowest BCUT2D eigenvalue weighted by atomic mass is 10.1. The molecule has 2 N–H and O–H groups in total. The fraction of sp³-hybridized carbons (Fsp3) is 0.471. The van der Waals surface area contributed by atoms with Gasteiger partial charge in [0.15, 0.2) is 0 Å². The molecular weight excluding hydrogens is 280 g/mol. The predicted octanol–water partition coefficient (Wildman–Crippen LogP) is 4.20. The molecule has 0 atom stereocenters. The maximum absolute atomic E-state index is 12.9. The van der Waals surface area contributed by atoms with Crippen molar-refractivity contribution in [3.63, 3.8) is 0 Å². The van der Waals surface area contributed by atoms with Crippen LogP contribution >= 0.6 is 11.3 Å². The molecule has 0 spiro atoms. The smallest absolute Gasteiger partial charge is 0.266 e. The second-order valence-electron chi connectivity index (χ2n) is 5.87. The number of carbonyl (C=O) groups excluding carboxylic acids is 1. The first-order valence-electron chi connectivity index (χ1n) is 7.71. The van der Waals surface area contributed by atoms with Gasteiger partial charge in [0.1, 0.15) is 4.88 Å². The molecule has 1 aliphatic rings. The third-order valence-corrected chi connectivity index (χ3v) is 5.60. The third kappa shape index (κ3) is 2.53. The quantitative estimate of drug-likeness (QED) is 0.923. The van der Waals surface area contributed by atoms with Gasteiger partial charge in [-0.25, -0.2) is 0 Å². The lowest BCUT2D eigenvalue weighted by molar-refractivity contribution is 0.0699. The van der Waals surface area contributed by atoms with Crippen molar-refractivity contribution in [1.29, 1.82) is 0 Å². The number of thiophene rings is 1. The van der Waals surface area contributed by atoms with Crippen LogP contribution in [-0.4, -0.2) is 23.4 Å². The summed E-state index contributed by atoms with van der Waals surface area (Å²) in [6.07, 6.45) is 4.72. The van der Waals surface area contributed by atoms with Crippen LogP contribution in [0.5, 0.6) is 0 Å². The van der Waals surface area contributed by atoms with Crippen LogP contribution in [0.15, 0.2) is 18.2 Å². The van der Waals surface area contributed by atoms with Gasteiger partial charge in [-0.3, -0.25) is 4.79 Å². The Kier molecular flexibility index (Phi) is 3.89. The van der Waals surface area contributed by atoms with Crippen molar-refractivity contribution in [3.8, 4) is 0 Å². The van der Waals surface area contributed by atoms with Crippen molar-refractivity contribution < 1.29 is 4.79 Å². The minimum Gasteiger partial charge on any atom is -0.397 e. The van der Waals surface area contributed by atoms with Crippen molar-refractivity contribution in [2.75, 3.05) is 12.3 Å². The van der Waals surface area contributed by atoms with Crippen LogP contribution in [0.3, 0.4) is 0 Å². The monoisotopic (exact) mass is 302 g/mol. The Morgan fingerprint density at radius 2 is 2.10 bits per heavy atom. The number of carbonyl (C=O) groups is 1. The van der Waals surface area contributed by atoms with E-state index in [1.807, 2.05) is 17.0 Å². The van der Waals surface area contributed by atoms with Crippen molar-refractivity contribution in [1.82, 2.24) is 4.90 Å². The second kappa shape index (κ2) is 5.68. The summed E-state index contributed by atoms with van der Waals surface area (Å²) in [5, 5.41) is 1.01. The maximum atomic E-state index is 12.9. The lowest BCUT2D eigenvalue weighted by Crippen LogP contribution is -2.38. The number of aryl methyl sites for hydroxylation is 1. The molecule has 0 radical (unpaired) electrons. The van der Waals surface area contributed by atoms with Gasteiger partial charge in [-0.15, -0.1) is 11.3 Å².